The molecule has 1 aromatic carbocycles. The van der Waals surface area contributed by atoms with Crippen molar-refractivity contribution >= 4 is 38.9 Å². The van der Waals surface area contributed by atoms with Crippen LogP contribution in [0.2, 0.25) is 0 Å². The second-order valence-electron chi connectivity index (χ2n) is 3.86. The van der Waals surface area contributed by atoms with E-state index in [1.807, 2.05) is 41.8 Å². The van der Waals surface area contributed by atoms with Crippen LogP contribution in [0.5, 0.6) is 0 Å². The lowest BCUT2D eigenvalue weighted by Crippen LogP contribution is -1.92. The maximum absolute atomic E-state index is 6.34. The summed E-state index contributed by atoms with van der Waals surface area (Å²) in [6, 6.07) is 11.6. The van der Waals surface area contributed by atoms with Crippen LogP contribution in [0.4, 0.5) is 0 Å². The van der Waals surface area contributed by atoms with E-state index in [9.17, 15) is 0 Å². The fourth-order valence-electron chi connectivity index (χ4n) is 1.63. The zero-order chi connectivity index (χ0) is 13.2. The number of hydrogen-bond acceptors (Lipinski definition) is 4. The van der Waals surface area contributed by atoms with Crippen LogP contribution in [0.3, 0.4) is 0 Å². The molecule has 0 N–H and O–H groups in total. The lowest BCUT2D eigenvalue weighted by atomic mass is 10.1. The molecule has 1 atom stereocenters. The molecule has 2 heterocycles. The topological polar surface area (TPSA) is 38.9 Å². The van der Waals surface area contributed by atoms with Crippen molar-refractivity contribution in [3.63, 3.8) is 0 Å². The van der Waals surface area contributed by atoms with E-state index in [0.29, 0.717) is 11.7 Å². The van der Waals surface area contributed by atoms with Gasteiger partial charge in [-0.1, -0.05) is 35.5 Å². The van der Waals surface area contributed by atoms with E-state index in [-0.39, 0.29) is 0 Å². The third-order valence-electron chi connectivity index (χ3n) is 2.54. The van der Waals surface area contributed by atoms with Crippen LogP contribution in [0, 0.1) is 0 Å². The Morgan fingerprint density at radius 3 is 2.74 bits per heavy atom. The Kier molecular flexibility index (Phi) is 3.68. The molecule has 2 aromatic heterocycles. The molecule has 96 valence electrons. The summed E-state index contributed by atoms with van der Waals surface area (Å²) in [7, 11) is 0. The average Bonchev–Trinajstić information content (AvgIpc) is 3.07. The molecule has 0 aliphatic heterocycles. The Balaban J connectivity index is 1.89. The van der Waals surface area contributed by atoms with Crippen molar-refractivity contribution in [2.45, 2.75) is 5.38 Å². The van der Waals surface area contributed by atoms with Gasteiger partial charge in [-0.2, -0.15) is 4.98 Å². The Morgan fingerprint density at radius 1 is 1.26 bits per heavy atom. The van der Waals surface area contributed by atoms with E-state index in [2.05, 4.69) is 26.1 Å². The van der Waals surface area contributed by atoms with Gasteiger partial charge in [0.05, 0.1) is 4.88 Å². The van der Waals surface area contributed by atoms with Gasteiger partial charge < -0.3 is 4.52 Å². The van der Waals surface area contributed by atoms with Gasteiger partial charge in [0.1, 0.15) is 5.38 Å². The molecule has 0 radical (unpaired) electrons. The average molecular weight is 356 g/mol. The minimum atomic E-state index is -0.425. The highest BCUT2D eigenvalue weighted by Crippen LogP contribution is 2.31. The maximum atomic E-state index is 6.34. The van der Waals surface area contributed by atoms with Crippen molar-refractivity contribution in [1.29, 1.82) is 0 Å². The summed E-state index contributed by atoms with van der Waals surface area (Å²) in [6.45, 7) is 0. The number of aromatic nitrogens is 2. The molecule has 0 fully saturated rings. The van der Waals surface area contributed by atoms with Crippen LogP contribution in [0.25, 0.3) is 10.7 Å². The normalized spacial score (nSPS) is 12.5. The zero-order valence-electron chi connectivity index (χ0n) is 9.59. The van der Waals surface area contributed by atoms with Crippen molar-refractivity contribution < 1.29 is 4.52 Å². The number of halogens is 2. The van der Waals surface area contributed by atoms with Crippen molar-refractivity contribution in [2.75, 3.05) is 0 Å². The smallest absolute Gasteiger partial charge is 0.249 e. The summed E-state index contributed by atoms with van der Waals surface area (Å²) >= 11 is 11.3. The van der Waals surface area contributed by atoms with Crippen molar-refractivity contribution in [3.8, 4) is 10.7 Å². The van der Waals surface area contributed by atoms with Gasteiger partial charge in [0, 0.05) is 9.85 Å². The molecule has 0 saturated carbocycles. The van der Waals surface area contributed by atoms with Gasteiger partial charge in [-0.3, -0.25) is 0 Å². The summed E-state index contributed by atoms with van der Waals surface area (Å²) in [5.41, 5.74) is 0.937. The lowest BCUT2D eigenvalue weighted by Gasteiger charge is -2.03. The standard InChI is InChI=1S/C13H8BrClN2OS/c14-9-6-10(19-7-9)12-16-13(18-17-12)11(15)8-4-2-1-3-5-8/h1-7,11H. The summed E-state index contributed by atoms with van der Waals surface area (Å²) in [6.07, 6.45) is 0. The number of thiophene rings is 1. The molecule has 0 bridgehead atoms. The summed E-state index contributed by atoms with van der Waals surface area (Å²) in [5.74, 6) is 0.972. The number of hydrogen-bond donors (Lipinski definition) is 0. The van der Waals surface area contributed by atoms with Crippen LogP contribution >= 0.6 is 38.9 Å². The van der Waals surface area contributed by atoms with Crippen LogP contribution < -0.4 is 0 Å². The second kappa shape index (κ2) is 5.45. The Hall–Kier alpha value is -1.17. The van der Waals surface area contributed by atoms with Crippen molar-refractivity contribution in [1.82, 2.24) is 10.1 Å². The zero-order valence-corrected chi connectivity index (χ0v) is 12.7. The molecule has 6 heteroatoms. The Morgan fingerprint density at radius 2 is 2.05 bits per heavy atom. The molecule has 0 aliphatic rings. The van der Waals surface area contributed by atoms with E-state index < -0.39 is 5.38 Å². The van der Waals surface area contributed by atoms with Gasteiger partial charge in [0.25, 0.3) is 0 Å². The summed E-state index contributed by atoms with van der Waals surface area (Å²) in [4.78, 5) is 5.29. The number of alkyl halides is 1. The van der Waals surface area contributed by atoms with Gasteiger partial charge >= 0.3 is 0 Å². The van der Waals surface area contributed by atoms with Crippen LogP contribution in [0.15, 0.2) is 50.8 Å². The first-order chi connectivity index (χ1) is 9.24. The fourth-order valence-corrected chi connectivity index (χ4v) is 3.22. The van der Waals surface area contributed by atoms with E-state index in [1.54, 1.807) is 11.3 Å². The highest BCUT2D eigenvalue weighted by molar-refractivity contribution is 9.10. The quantitative estimate of drug-likeness (QED) is 0.628. The highest BCUT2D eigenvalue weighted by Gasteiger charge is 2.19. The molecule has 3 aromatic rings. The molecule has 1 unspecified atom stereocenters. The largest absolute Gasteiger partial charge is 0.337 e. The molecule has 0 saturated heterocycles. The molecular formula is C13H8BrClN2OS. The van der Waals surface area contributed by atoms with Crippen LogP contribution in [0.1, 0.15) is 16.8 Å². The van der Waals surface area contributed by atoms with Crippen molar-refractivity contribution in [3.05, 3.63) is 57.7 Å². The van der Waals surface area contributed by atoms with E-state index in [0.717, 1.165) is 14.9 Å². The second-order valence-corrected chi connectivity index (χ2v) is 6.12. The molecule has 3 rings (SSSR count). The molecule has 19 heavy (non-hydrogen) atoms. The van der Waals surface area contributed by atoms with Crippen molar-refractivity contribution in [2.24, 2.45) is 0 Å². The predicted octanol–water partition coefficient (Wildman–Crippen LogP) is 4.89. The third-order valence-corrected chi connectivity index (χ3v) is 4.66. The van der Waals surface area contributed by atoms with Gasteiger partial charge in [-0.05, 0) is 27.6 Å². The third kappa shape index (κ3) is 2.73. The van der Waals surface area contributed by atoms with Crippen LogP contribution in [-0.4, -0.2) is 10.1 Å². The SMILES string of the molecule is ClC(c1ccccc1)c1nc(-c2cc(Br)cs2)no1. The number of nitrogens with zero attached hydrogens (tertiary/aromatic N) is 2. The molecular weight excluding hydrogens is 348 g/mol. The molecule has 0 spiro atoms. The Labute approximate surface area is 127 Å². The van der Waals surface area contributed by atoms with Gasteiger partial charge in [-0.25, -0.2) is 0 Å². The van der Waals surface area contributed by atoms with Gasteiger partial charge in [0.2, 0.25) is 11.7 Å². The number of benzene rings is 1. The Bertz CT molecular complexity index is 683. The molecule has 3 nitrogen and oxygen atoms in total. The summed E-state index contributed by atoms with van der Waals surface area (Å²) in [5, 5.41) is 5.51. The van der Waals surface area contributed by atoms with E-state index in [4.69, 9.17) is 16.1 Å². The van der Waals surface area contributed by atoms with E-state index >= 15 is 0 Å². The highest BCUT2D eigenvalue weighted by atomic mass is 79.9. The minimum Gasteiger partial charge on any atom is -0.337 e. The molecule has 0 amide bonds. The van der Waals surface area contributed by atoms with E-state index in [1.165, 1.54) is 0 Å². The van der Waals surface area contributed by atoms with Gasteiger partial charge in [-0.15, -0.1) is 22.9 Å². The van der Waals surface area contributed by atoms with Crippen LogP contribution in [-0.2, 0) is 0 Å². The first kappa shape index (κ1) is 12.8. The monoisotopic (exact) mass is 354 g/mol. The first-order valence-corrected chi connectivity index (χ1v) is 7.62. The summed E-state index contributed by atoms with van der Waals surface area (Å²) < 4.78 is 6.25. The minimum absolute atomic E-state index is 0.410. The predicted molar refractivity (Wildman–Crippen MR) is 79.4 cm³/mol. The number of rotatable bonds is 3. The molecule has 0 aliphatic carbocycles. The lowest BCUT2D eigenvalue weighted by molar-refractivity contribution is 0.383. The fraction of sp³-hybridized carbons (Fsp3) is 0.0769. The maximum Gasteiger partial charge on any atom is 0.249 e. The van der Waals surface area contributed by atoms with Gasteiger partial charge in [0.15, 0.2) is 0 Å². The first-order valence-electron chi connectivity index (χ1n) is 5.51.